The number of aromatic nitrogens is 1. The molecule has 1 heterocycles. The zero-order valence-corrected chi connectivity index (χ0v) is 10.4. The normalized spacial score (nSPS) is 22.2. The summed E-state index contributed by atoms with van der Waals surface area (Å²) in [5.41, 5.74) is 0.965. The van der Waals surface area contributed by atoms with Crippen molar-refractivity contribution >= 4 is 22.4 Å². The molecule has 1 fully saturated rings. The summed E-state index contributed by atoms with van der Waals surface area (Å²) in [7, 11) is 0. The number of amides is 1. The summed E-state index contributed by atoms with van der Waals surface area (Å²) in [6, 6.07) is -0.707. The molecule has 92 valence electrons. The molecule has 1 N–H and O–H groups in total. The Balaban J connectivity index is 1.97. The number of nitrogens with one attached hydrogen (secondary N) is 1. The van der Waals surface area contributed by atoms with E-state index in [1.807, 2.05) is 13.8 Å². The lowest BCUT2D eigenvalue weighted by molar-refractivity contribution is -0.497. The molecule has 1 amide bonds. The van der Waals surface area contributed by atoms with Gasteiger partial charge in [-0.2, -0.15) is 0 Å². The third-order valence-electron chi connectivity index (χ3n) is 2.82. The molecule has 0 aromatic carbocycles. The second kappa shape index (κ2) is 4.40. The van der Waals surface area contributed by atoms with E-state index in [1.165, 1.54) is 11.3 Å². The molecule has 0 saturated heterocycles. The smallest absolute Gasteiger partial charge is 0.236 e. The maximum atomic E-state index is 11.6. The predicted octanol–water partition coefficient (Wildman–Crippen LogP) is 1.62. The summed E-state index contributed by atoms with van der Waals surface area (Å²) in [5.74, 6) is -0.776. The molecular formula is C10H13N3O3S. The number of thiazole rings is 1. The van der Waals surface area contributed by atoms with E-state index in [4.69, 9.17) is 0 Å². The highest BCUT2D eigenvalue weighted by Crippen LogP contribution is 2.34. The number of hydrogen-bond acceptors (Lipinski definition) is 5. The first kappa shape index (κ1) is 12.0. The average molecular weight is 255 g/mol. The minimum absolute atomic E-state index is 0.289. The number of anilines is 1. The Morgan fingerprint density at radius 1 is 1.71 bits per heavy atom. The van der Waals surface area contributed by atoms with Crippen LogP contribution < -0.4 is 5.32 Å². The number of hydrogen-bond donors (Lipinski definition) is 1. The van der Waals surface area contributed by atoms with Crippen LogP contribution in [0.25, 0.3) is 0 Å². The van der Waals surface area contributed by atoms with Gasteiger partial charge in [-0.15, -0.1) is 11.3 Å². The summed E-state index contributed by atoms with van der Waals surface area (Å²) in [6.45, 7) is 3.94. The zero-order valence-electron chi connectivity index (χ0n) is 9.60. The van der Waals surface area contributed by atoms with Crippen molar-refractivity contribution in [2.75, 3.05) is 5.32 Å². The molecule has 1 aromatic heterocycles. The van der Waals surface area contributed by atoms with Crippen molar-refractivity contribution in [2.45, 2.75) is 32.7 Å². The molecule has 0 aliphatic heterocycles. The minimum atomic E-state index is -0.707. The molecule has 17 heavy (non-hydrogen) atoms. The van der Waals surface area contributed by atoms with Crippen molar-refractivity contribution in [3.05, 3.63) is 20.7 Å². The van der Waals surface area contributed by atoms with Gasteiger partial charge in [-0.05, 0) is 13.3 Å². The van der Waals surface area contributed by atoms with E-state index in [0.29, 0.717) is 11.6 Å². The molecule has 6 nitrogen and oxygen atoms in total. The second-order valence-corrected chi connectivity index (χ2v) is 5.26. The van der Waals surface area contributed by atoms with E-state index in [9.17, 15) is 14.9 Å². The first-order valence-electron chi connectivity index (χ1n) is 5.43. The van der Waals surface area contributed by atoms with Gasteiger partial charge < -0.3 is 5.32 Å². The number of nitro groups is 1. The van der Waals surface area contributed by atoms with E-state index in [0.717, 1.165) is 17.0 Å². The molecule has 1 saturated carbocycles. The summed E-state index contributed by atoms with van der Waals surface area (Å²) in [4.78, 5) is 27.0. The van der Waals surface area contributed by atoms with E-state index in [-0.39, 0.29) is 5.91 Å². The largest absolute Gasteiger partial charge is 0.301 e. The number of nitrogens with zero attached hydrogens (tertiary/aromatic N) is 2. The molecule has 0 spiro atoms. The van der Waals surface area contributed by atoms with Gasteiger partial charge in [0.1, 0.15) is 5.92 Å². The van der Waals surface area contributed by atoms with Gasteiger partial charge in [-0.25, -0.2) is 4.98 Å². The van der Waals surface area contributed by atoms with E-state index in [2.05, 4.69) is 10.3 Å². The predicted molar refractivity (Wildman–Crippen MR) is 63.7 cm³/mol. The number of rotatable bonds is 4. The van der Waals surface area contributed by atoms with Crippen molar-refractivity contribution in [1.82, 2.24) is 4.98 Å². The molecule has 0 bridgehead atoms. The van der Waals surface area contributed by atoms with Gasteiger partial charge in [0.05, 0.1) is 5.69 Å². The number of aryl methyl sites for hydroxylation is 2. The molecule has 1 aliphatic carbocycles. The highest BCUT2D eigenvalue weighted by molar-refractivity contribution is 7.15. The lowest BCUT2D eigenvalue weighted by Crippen LogP contribution is -2.18. The summed E-state index contributed by atoms with van der Waals surface area (Å²) >= 11 is 1.41. The van der Waals surface area contributed by atoms with Crippen LogP contribution in [0, 0.1) is 23.0 Å². The molecular weight excluding hydrogens is 242 g/mol. The van der Waals surface area contributed by atoms with E-state index in [1.54, 1.807) is 0 Å². The standard InChI is InChI=1S/C10H13N3O3S/c1-3-7-5(2)17-10(11-7)12-9(14)6-4-8(6)13(15)16/h6,8H,3-4H2,1-2H3,(H,11,12,14)/t6-,8-/m0/s1. The van der Waals surface area contributed by atoms with Crippen LogP contribution in [-0.2, 0) is 11.2 Å². The molecule has 2 atom stereocenters. The summed E-state index contributed by atoms with van der Waals surface area (Å²) in [5, 5.41) is 13.6. The van der Waals surface area contributed by atoms with Gasteiger partial charge in [0.2, 0.25) is 11.9 Å². The summed E-state index contributed by atoms with van der Waals surface area (Å²) < 4.78 is 0. The third-order valence-corrected chi connectivity index (χ3v) is 3.75. The monoisotopic (exact) mass is 255 g/mol. The average Bonchev–Trinajstić information content (AvgIpc) is 2.99. The van der Waals surface area contributed by atoms with Crippen molar-refractivity contribution < 1.29 is 9.72 Å². The van der Waals surface area contributed by atoms with Gasteiger partial charge in [0.25, 0.3) is 0 Å². The Hall–Kier alpha value is -1.50. The first-order chi connectivity index (χ1) is 8.02. The summed E-state index contributed by atoms with van der Waals surface area (Å²) in [6.07, 6.45) is 1.16. The van der Waals surface area contributed by atoms with Gasteiger partial charge in [0, 0.05) is 16.2 Å². The third kappa shape index (κ3) is 2.44. The van der Waals surface area contributed by atoms with Crippen molar-refractivity contribution in [3.8, 4) is 0 Å². The van der Waals surface area contributed by atoms with Crippen LogP contribution in [0.4, 0.5) is 5.13 Å². The molecule has 1 aliphatic rings. The van der Waals surface area contributed by atoms with Crippen LogP contribution in [0.15, 0.2) is 0 Å². The van der Waals surface area contributed by atoms with Crippen LogP contribution in [-0.4, -0.2) is 21.9 Å². The molecule has 0 unspecified atom stereocenters. The first-order valence-corrected chi connectivity index (χ1v) is 6.25. The van der Waals surface area contributed by atoms with Crippen LogP contribution in [0.1, 0.15) is 23.9 Å². The second-order valence-electron chi connectivity index (χ2n) is 4.06. The number of carbonyl (C=O) groups excluding carboxylic acids is 1. The number of carbonyl (C=O) groups is 1. The van der Waals surface area contributed by atoms with Gasteiger partial charge in [0.15, 0.2) is 5.13 Å². The molecule has 0 radical (unpaired) electrons. The zero-order chi connectivity index (χ0) is 12.6. The van der Waals surface area contributed by atoms with Crippen molar-refractivity contribution in [1.29, 1.82) is 0 Å². The SMILES string of the molecule is CCc1nc(NC(=O)[C@H]2C[C@@H]2[N+](=O)[O-])sc1C. The Kier molecular flexibility index (Phi) is 3.10. The maximum Gasteiger partial charge on any atom is 0.236 e. The van der Waals surface area contributed by atoms with Crippen LogP contribution in [0.3, 0.4) is 0 Å². The minimum Gasteiger partial charge on any atom is -0.301 e. The molecule has 2 rings (SSSR count). The highest BCUT2D eigenvalue weighted by Gasteiger charge is 2.53. The van der Waals surface area contributed by atoms with Gasteiger partial charge in [-0.1, -0.05) is 6.92 Å². The Morgan fingerprint density at radius 2 is 2.41 bits per heavy atom. The lowest BCUT2D eigenvalue weighted by Gasteiger charge is -1.97. The Bertz CT molecular complexity index is 471. The van der Waals surface area contributed by atoms with Crippen molar-refractivity contribution in [3.63, 3.8) is 0 Å². The topological polar surface area (TPSA) is 85.1 Å². The van der Waals surface area contributed by atoms with Gasteiger partial charge in [-0.3, -0.25) is 14.9 Å². The van der Waals surface area contributed by atoms with Crippen molar-refractivity contribution in [2.24, 2.45) is 5.92 Å². The van der Waals surface area contributed by atoms with Gasteiger partial charge >= 0.3 is 0 Å². The Labute approximate surface area is 102 Å². The maximum absolute atomic E-state index is 11.6. The van der Waals surface area contributed by atoms with Crippen LogP contribution in [0.2, 0.25) is 0 Å². The highest BCUT2D eigenvalue weighted by atomic mass is 32.1. The van der Waals surface area contributed by atoms with Crippen LogP contribution in [0.5, 0.6) is 0 Å². The van der Waals surface area contributed by atoms with Crippen LogP contribution >= 0.6 is 11.3 Å². The fraction of sp³-hybridized carbons (Fsp3) is 0.600. The fourth-order valence-corrected chi connectivity index (χ4v) is 2.61. The van der Waals surface area contributed by atoms with E-state index < -0.39 is 16.9 Å². The quantitative estimate of drug-likeness (QED) is 0.654. The van der Waals surface area contributed by atoms with E-state index >= 15 is 0 Å². The molecule has 1 aromatic rings. The lowest BCUT2D eigenvalue weighted by atomic mass is 10.3. The molecule has 7 heteroatoms. The fourth-order valence-electron chi connectivity index (χ4n) is 1.70. The Morgan fingerprint density at radius 3 is 2.88 bits per heavy atom.